The first-order valence-electron chi connectivity index (χ1n) is 9.15. The number of aliphatic hydroxyl groups excluding tert-OH is 1. The third-order valence-electron chi connectivity index (χ3n) is 4.49. The number of hydrogen-bond donors (Lipinski definition) is 3. The number of benzene rings is 1. The van der Waals surface area contributed by atoms with Gasteiger partial charge in [0.25, 0.3) is 0 Å². The molecule has 138 valence electrons. The fourth-order valence-corrected chi connectivity index (χ4v) is 2.82. The topological polar surface area (TPSA) is 78.4 Å². The molecule has 0 aliphatic heterocycles. The van der Waals surface area contributed by atoms with Crippen molar-refractivity contribution in [1.82, 2.24) is 10.6 Å². The molecule has 0 aromatic heterocycles. The minimum Gasteiger partial charge on any atom is -0.391 e. The number of hydrogen-bond acceptors (Lipinski definition) is 3. The quantitative estimate of drug-likeness (QED) is 0.676. The average Bonchev–Trinajstić information content (AvgIpc) is 3.36. The van der Waals surface area contributed by atoms with Crippen molar-refractivity contribution in [2.45, 2.75) is 65.1 Å². The Kier molecular flexibility index (Phi) is 6.59. The summed E-state index contributed by atoms with van der Waals surface area (Å²) in [5, 5.41) is 15.4. The maximum absolute atomic E-state index is 12.5. The zero-order chi connectivity index (χ0) is 18.6. The standard InChI is InChI=1S/C20H30N2O3/c1-12(2)11-15-5-7-16(8-6-15)13(3)21-20(25)18(14(4)23)22-19(24)17-9-10-17/h5-8,12-14,17-18,23H,9-11H2,1-4H3,(H,21,25)(H,22,24). The fourth-order valence-electron chi connectivity index (χ4n) is 2.82. The van der Waals surface area contributed by atoms with Crippen molar-refractivity contribution in [3.8, 4) is 0 Å². The van der Waals surface area contributed by atoms with E-state index in [4.69, 9.17) is 0 Å². The second-order valence-electron chi connectivity index (χ2n) is 7.57. The summed E-state index contributed by atoms with van der Waals surface area (Å²) in [7, 11) is 0. The van der Waals surface area contributed by atoms with E-state index < -0.39 is 12.1 Å². The molecule has 0 heterocycles. The lowest BCUT2D eigenvalue weighted by Crippen LogP contribution is -2.53. The van der Waals surface area contributed by atoms with Gasteiger partial charge in [-0.1, -0.05) is 38.1 Å². The molecule has 25 heavy (non-hydrogen) atoms. The Morgan fingerprint density at radius 3 is 2.16 bits per heavy atom. The molecule has 2 rings (SSSR count). The highest BCUT2D eigenvalue weighted by atomic mass is 16.3. The van der Waals surface area contributed by atoms with Crippen LogP contribution in [0.4, 0.5) is 0 Å². The molecule has 0 radical (unpaired) electrons. The van der Waals surface area contributed by atoms with Crippen molar-refractivity contribution in [2.75, 3.05) is 0 Å². The van der Waals surface area contributed by atoms with Gasteiger partial charge in [0.2, 0.25) is 11.8 Å². The Labute approximate surface area is 150 Å². The molecule has 3 atom stereocenters. The minimum atomic E-state index is -0.941. The van der Waals surface area contributed by atoms with E-state index in [0.29, 0.717) is 5.92 Å². The Bertz CT molecular complexity index is 591. The van der Waals surface area contributed by atoms with Crippen LogP contribution in [0.25, 0.3) is 0 Å². The van der Waals surface area contributed by atoms with Gasteiger partial charge in [-0.3, -0.25) is 9.59 Å². The van der Waals surface area contributed by atoms with Gasteiger partial charge < -0.3 is 15.7 Å². The molecule has 1 fully saturated rings. The Balaban J connectivity index is 1.95. The monoisotopic (exact) mass is 346 g/mol. The van der Waals surface area contributed by atoms with Gasteiger partial charge in [-0.25, -0.2) is 0 Å². The molecule has 0 bridgehead atoms. The highest BCUT2D eigenvalue weighted by molar-refractivity contribution is 5.89. The summed E-state index contributed by atoms with van der Waals surface area (Å²) in [4.78, 5) is 24.4. The summed E-state index contributed by atoms with van der Waals surface area (Å²) >= 11 is 0. The number of rotatable bonds is 8. The number of carbonyl (C=O) groups excluding carboxylic acids is 2. The van der Waals surface area contributed by atoms with E-state index in [2.05, 4.69) is 36.6 Å². The first kappa shape index (κ1) is 19.4. The molecule has 2 amide bonds. The number of amides is 2. The first-order valence-corrected chi connectivity index (χ1v) is 9.15. The Morgan fingerprint density at radius 1 is 1.08 bits per heavy atom. The van der Waals surface area contributed by atoms with Crippen LogP contribution in [0.1, 0.15) is 57.7 Å². The van der Waals surface area contributed by atoms with Crippen LogP contribution >= 0.6 is 0 Å². The largest absolute Gasteiger partial charge is 0.391 e. The van der Waals surface area contributed by atoms with Gasteiger partial charge in [0, 0.05) is 5.92 Å². The smallest absolute Gasteiger partial charge is 0.245 e. The van der Waals surface area contributed by atoms with Crippen LogP contribution in [0.2, 0.25) is 0 Å². The summed E-state index contributed by atoms with van der Waals surface area (Å²) in [6.07, 6.45) is 1.81. The zero-order valence-electron chi connectivity index (χ0n) is 15.6. The van der Waals surface area contributed by atoms with Gasteiger partial charge in [-0.05, 0) is 50.2 Å². The van der Waals surface area contributed by atoms with E-state index in [1.807, 2.05) is 19.1 Å². The lowest BCUT2D eigenvalue weighted by atomic mass is 9.99. The van der Waals surface area contributed by atoms with Crippen molar-refractivity contribution in [1.29, 1.82) is 0 Å². The molecule has 5 heteroatoms. The average molecular weight is 346 g/mol. The van der Waals surface area contributed by atoms with Crippen LogP contribution in [0.15, 0.2) is 24.3 Å². The summed E-state index contributed by atoms with van der Waals surface area (Å²) in [6, 6.07) is 7.08. The van der Waals surface area contributed by atoms with Crippen molar-refractivity contribution in [3.05, 3.63) is 35.4 Å². The zero-order valence-corrected chi connectivity index (χ0v) is 15.6. The van der Waals surface area contributed by atoms with Crippen molar-refractivity contribution in [2.24, 2.45) is 11.8 Å². The van der Waals surface area contributed by atoms with E-state index in [-0.39, 0.29) is 23.8 Å². The lowest BCUT2D eigenvalue weighted by molar-refractivity contribution is -0.132. The van der Waals surface area contributed by atoms with Crippen LogP contribution in [-0.2, 0) is 16.0 Å². The molecule has 3 unspecified atom stereocenters. The number of carbonyl (C=O) groups is 2. The van der Waals surface area contributed by atoms with Crippen LogP contribution < -0.4 is 10.6 Å². The lowest BCUT2D eigenvalue weighted by Gasteiger charge is -2.23. The van der Waals surface area contributed by atoms with Gasteiger partial charge in [-0.15, -0.1) is 0 Å². The van der Waals surface area contributed by atoms with Crippen LogP contribution in [0.3, 0.4) is 0 Å². The highest BCUT2D eigenvalue weighted by Gasteiger charge is 2.34. The predicted octanol–water partition coefficient (Wildman–Crippen LogP) is 2.34. The second kappa shape index (κ2) is 8.48. The number of aliphatic hydroxyl groups is 1. The fraction of sp³-hybridized carbons (Fsp3) is 0.600. The van der Waals surface area contributed by atoms with Crippen molar-refractivity contribution in [3.63, 3.8) is 0 Å². The Hall–Kier alpha value is -1.88. The van der Waals surface area contributed by atoms with Gasteiger partial charge in [0.1, 0.15) is 6.04 Å². The van der Waals surface area contributed by atoms with E-state index in [1.54, 1.807) is 0 Å². The predicted molar refractivity (Wildman–Crippen MR) is 97.9 cm³/mol. The molecular formula is C20H30N2O3. The summed E-state index contributed by atoms with van der Waals surface area (Å²) in [5.74, 6) is 0.0966. The van der Waals surface area contributed by atoms with Gasteiger partial charge in [-0.2, -0.15) is 0 Å². The third kappa shape index (κ3) is 5.85. The maximum atomic E-state index is 12.5. The van der Waals surface area contributed by atoms with E-state index >= 15 is 0 Å². The third-order valence-corrected chi connectivity index (χ3v) is 4.49. The molecule has 3 N–H and O–H groups in total. The normalized spacial score (nSPS) is 17.7. The summed E-state index contributed by atoms with van der Waals surface area (Å²) in [5.41, 5.74) is 2.27. The minimum absolute atomic E-state index is 0.0000231. The van der Waals surface area contributed by atoms with Gasteiger partial charge >= 0.3 is 0 Å². The molecule has 1 aliphatic rings. The number of nitrogens with one attached hydrogen (secondary N) is 2. The molecule has 1 aliphatic carbocycles. The van der Waals surface area contributed by atoms with E-state index in [9.17, 15) is 14.7 Å². The maximum Gasteiger partial charge on any atom is 0.245 e. The molecule has 1 aromatic rings. The van der Waals surface area contributed by atoms with Crippen molar-refractivity contribution >= 4 is 11.8 Å². The molecule has 1 aromatic carbocycles. The highest BCUT2D eigenvalue weighted by Crippen LogP contribution is 2.29. The van der Waals surface area contributed by atoms with Crippen LogP contribution in [0.5, 0.6) is 0 Å². The Morgan fingerprint density at radius 2 is 1.68 bits per heavy atom. The molecule has 1 saturated carbocycles. The molecular weight excluding hydrogens is 316 g/mol. The second-order valence-corrected chi connectivity index (χ2v) is 7.57. The van der Waals surface area contributed by atoms with Gasteiger partial charge in [0.15, 0.2) is 0 Å². The SMILES string of the molecule is CC(C)Cc1ccc(C(C)NC(=O)C(NC(=O)C2CC2)C(C)O)cc1. The summed E-state index contributed by atoms with van der Waals surface area (Å²) in [6.45, 7) is 7.78. The molecule has 5 nitrogen and oxygen atoms in total. The van der Waals surface area contributed by atoms with E-state index in [0.717, 1.165) is 24.8 Å². The molecule has 0 spiro atoms. The van der Waals surface area contributed by atoms with Crippen LogP contribution in [-0.4, -0.2) is 29.1 Å². The first-order chi connectivity index (χ1) is 11.8. The van der Waals surface area contributed by atoms with Crippen molar-refractivity contribution < 1.29 is 14.7 Å². The van der Waals surface area contributed by atoms with Crippen LogP contribution in [0, 0.1) is 11.8 Å². The molecule has 0 saturated heterocycles. The summed E-state index contributed by atoms with van der Waals surface area (Å²) < 4.78 is 0. The van der Waals surface area contributed by atoms with Gasteiger partial charge in [0.05, 0.1) is 12.1 Å². The van der Waals surface area contributed by atoms with E-state index in [1.165, 1.54) is 12.5 Å².